The minimum absolute atomic E-state index is 0.0928. The van der Waals surface area contributed by atoms with E-state index in [0.717, 1.165) is 0 Å². The highest BCUT2D eigenvalue weighted by atomic mass is 32.2. The zero-order valence-corrected chi connectivity index (χ0v) is 7.69. The van der Waals surface area contributed by atoms with Gasteiger partial charge < -0.3 is 9.84 Å². The Morgan fingerprint density at radius 3 is 2.55 bits per heavy atom. The van der Waals surface area contributed by atoms with Crippen LogP contribution >= 0.6 is 0 Å². The molecule has 0 saturated carbocycles. The van der Waals surface area contributed by atoms with Crippen LogP contribution in [0.15, 0.2) is 11.4 Å². The molecule has 64 valence electrons. The Labute approximate surface area is 70.6 Å². The molecule has 0 aromatic carbocycles. The summed E-state index contributed by atoms with van der Waals surface area (Å²) in [5.41, 5.74) is 0. The first-order chi connectivity index (χ1) is 5.33. The van der Waals surface area contributed by atoms with Crippen LogP contribution in [0.1, 0.15) is 19.3 Å². The molecule has 1 aliphatic heterocycles. The minimum Gasteiger partial charge on any atom is -0.478 e. The second kappa shape index (κ2) is 4.54. The predicted octanol–water partition coefficient (Wildman–Crippen LogP) is 1.79. The van der Waals surface area contributed by atoms with Crippen molar-refractivity contribution >= 4 is 10.9 Å². The van der Waals surface area contributed by atoms with Gasteiger partial charge in [-0.05, 0) is 19.3 Å². The van der Waals surface area contributed by atoms with E-state index >= 15 is 0 Å². The Balaban J connectivity index is 2.34. The summed E-state index contributed by atoms with van der Waals surface area (Å²) < 4.78 is 4.68. The number of aliphatic hydroxyl groups is 1. The van der Waals surface area contributed by atoms with Crippen molar-refractivity contribution in [3.63, 3.8) is 0 Å². The van der Waals surface area contributed by atoms with Gasteiger partial charge in [-0.1, -0.05) is 0 Å². The van der Waals surface area contributed by atoms with E-state index in [0.29, 0.717) is 0 Å². The molecule has 0 atom stereocenters. The molecular formula is C8H15O2S+. The SMILES string of the molecule is CO/C(O)=C\[S+]1CCCCC1. The van der Waals surface area contributed by atoms with E-state index in [-0.39, 0.29) is 16.8 Å². The molecule has 1 N–H and O–H groups in total. The summed E-state index contributed by atoms with van der Waals surface area (Å²) in [7, 11) is 1.79. The molecule has 11 heavy (non-hydrogen) atoms. The number of hydrogen-bond donors (Lipinski definition) is 1. The van der Waals surface area contributed by atoms with Crippen molar-refractivity contribution in [2.45, 2.75) is 19.3 Å². The first-order valence-electron chi connectivity index (χ1n) is 3.94. The fourth-order valence-corrected chi connectivity index (χ4v) is 3.13. The van der Waals surface area contributed by atoms with Crippen molar-refractivity contribution in [3.8, 4) is 0 Å². The summed E-state index contributed by atoms with van der Waals surface area (Å²) in [6.07, 6.45) is 3.96. The zero-order chi connectivity index (χ0) is 8.10. The fraction of sp³-hybridized carbons (Fsp3) is 0.750. The van der Waals surface area contributed by atoms with Gasteiger partial charge in [-0.25, -0.2) is 0 Å². The van der Waals surface area contributed by atoms with Crippen LogP contribution in [-0.2, 0) is 15.6 Å². The number of rotatable bonds is 2. The number of methoxy groups -OCH3 is 1. The Morgan fingerprint density at radius 1 is 1.36 bits per heavy atom. The monoisotopic (exact) mass is 175 g/mol. The second-order valence-electron chi connectivity index (χ2n) is 2.67. The maximum atomic E-state index is 9.06. The number of ether oxygens (including phenoxy) is 1. The highest BCUT2D eigenvalue weighted by Crippen LogP contribution is 2.15. The van der Waals surface area contributed by atoms with Gasteiger partial charge in [-0.15, -0.1) is 0 Å². The van der Waals surface area contributed by atoms with Crippen molar-refractivity contribution in [2.24, 2.45) is 0 Å². The average molecular weight is 175 g/mol. The summed E-state index contributed by atoms with van der Waals surface area (Å²) in [6, 6.07) is 0. The van der Waals surface area contributed by atoms with Gasteiger partial charge in [0, 0.05) is 10.9 Å². The van der Waals surface area contributed by atoms with Gasteiger partial charge in [0.1, 0.15) is 11.5 Å². The van der Waals surface area contributed by atoms with Crippen LogP contribution in [0, 0.1) is 0 Å². The highest BCUT2D eigenvalue weighted by Gasteiger charge is 2.20. The minimum atomic E-state index is 0.0928. The summed E-state index contributed by atoms with van der Waals surface area (Å²) in [6.45, 7) is 0. The molecule has 1 saturated heterocycles. The average Bonchev–Trinajstić information content (AvgIpc) is 2.06. The second-order valence-corrected chi connectivity index (χ2v) is 4.79. The molecule has 0 aromatic rings. The summed E-state index contributed by atoms with van der Waals surface area (Å²) in [4.78, 5) is 0. The van der Waals surface area contributed by atoms with Gasteiger partial charge in [0.05, 0.1) is 7.11 Å². The van der Waals surface area contributed by atoms with Crippen molar-refractivity contribution in [2.75, 3.05) is 18.6 Å². The van der Waals surface area contributed by atoms with Gasteiger partial charge in [0.2, 0.25) is 0 Å². The van der Waals surface area contributed by atoms with Crippen LogP contribution in [0.25, 0.3) is 0 Å². The van der Waals surface area contributed by atoms with E-state index in [1.54, 1.807) is 0 Å². The number of aliphatic hydroxyl groups excluding tert-OH is 1. The van der Waals surface area contributed by atoms with Gasteiger partial charge in [0.25, 0.3) is 0 Å². The van der Waals surface area contributed by atoms with Gasteiger partial charge in [-0.2, -0.15) is 0 Å². The third kappa shape index (κ3) is 3.06. The molecular weight excluding hydrogens is 160 g/mol. The van der Waals surface area contributed by atoms with E-state index in [1.807, 2.05) is 5.41 Å². The molecule has 0 aromatic heterocycles. The van der Waals surface area contributed by atoms with Crippen molar-refractivity contribution in [3.05, 3.63) is 11.4 Å². The first kappa shape index (κ1) is 8.78. The summed E-state index contributed by atoms with van der Waals surface area (Å²) >= 11 is 0. The van der Waals surface area contributed by atoms with Crippen LogP contribution in [0.3, 0.4) is 0 Å². The van der Waals surface area contributed by atoms with Crippen molar-refractivity contribution in [1.29, 1.82) is 0 Å². The molecule has 1 heterocycles. The molecule has 3 heteroatoms. The largest absolute Gasteiger partial charge is 0.478 e. The summed E-state index contributed by atoms with van der Waals surface area (Å²) in [5, 5.41) is 10.9. The molecule has 1 fully saturated rings. The number of hydrogen-bond acceptors (Lipinski definition) is 2. The van der Waals surface area contributed by atoms with Crippen LogP contribution < -0.4 is 0 Å². The smallest absolute Gasteiger partial charge is 0.326 e. The van der Waals surface area contributed by atoms with E-state index in [2.05, 4.69) is 4.74 Å². The zero-order valence-electron chi connectivity index (χ0n) is 6.88. The summed E-state index contributed by atoms with van der Waals surface area (Å²) in [5.74, 6) is 2.55. The van der Waals surface area contributed by atoms with E-state index in [1.165, 1.54) is 37.9 Å². The molecule has 2 nitrogen and oxygen atoms in total. The van der Waals surface area contributed by atoms with Crippen LogP contribution in [0.4, 0.5) is 0 Å². The van der Waals surface area contributed by atoms with Crippen LogP contribution in [0.2, 0.25) is 0 Å². The molecule has 0 amide bonds. The van der Waals surface area contributed by atoms with E-state index in [9.17, 15) is 0 Å². The topological polar surface area (TPSA) is 29.5 Å². The Hall–Kier alpha value is -0.310. The van der Waals surface area contributed by atoms with Gasteiger partial charge in [-0.3, -0.25) is 0 Å². The Morgan fingerprint density at radius 2 is 2.00 bits per heavy atom. The maximum Gasteiger partial charge on any atom is 0.326 e. The maximum absolute atomic E-state index is 9.06. The lowest BCUT2D eigenvalue weighted by Gasteiger charge is -2.09. The molecule has 0 radical (unpaired) electrons. The van der Waals surface area contributed by atoms with Gasteiger partial charge >= 0.3 is 5.95 Å². The Bertz CT molecular complexity index is 139. The van der Waals surface area contributed by atoms with Crippen LogP contribution in [-0.4, -0.2) is 23.7 Å². The molecule has 0 unspecified atom stereocenters. The lowest BCUT2D eigenvalue weighted by atomic mass is 10.3. The van der Waals surface area contributed by atoms with E-state index in [4.69, 9.17) is 5.11 Å². The lowest BCUT2D eigenvalue weighted by Crippen LogP contribution is -2.15. The molecule has 0 aliphatic carbocycles. The third-order valence-corrected chi connectivity index (χ3v) is 3.95. The van der Waals surface area contributed by atoms with Gasteiger partial charge in [0.15, 0.2) is 5.41 Å². The molecule has 1 rings (SSSR count). The molecule has 0 bridgehead atoms. The highest BCUT2D eigenvalue weighted by molar-refractivity contribution is 7.99. The lowest BCUT2D eigenvalue weighted by molar-refractivity contribution is 0.137. The third-order valence-electron chi connectivity index (χ3n) is 1.79. The predicted molar refractivity (Wildman–Crippen MR) is 48.7 cm³/mol. The fourth-order valence-electron chi connectivity index (χ4n) is 1.16. The van der Waals surface area contributed by atoms with Crippen molar-refractivity contribution in [1.82, 2.24) is 0 Å². The Kier molecular flexibility index (Phi) is 3.63. The van der Waals surface area contributed by atoms with E-state index < -0.39 is 0 Å². The molecule has 1 aliphatic rings. The standard InChI is InChI=1S/C8H14O2S/c1-10-8(9)7-11-5-3-2-4-6-11/h7H,2-6H2,1H3/p+1/b8-7-. The quantitative estimate of drug-likeness (QED) is 0.512. The first-order valence-corrected chi connectivity index (χ1v) is 5.56. The van der Waals surface area contributed by atoms with Crippen molar-refractivity contribution < 1.29 is 9.84 Å². The molecule has 0 spiro atoms. The normalized spacial score (nSPS) is 21.7. The van der Waals surface area contributed by atoms with Crippen LogP contribution in [0.5, 0.6) is 0 Å².